The number of rotatable bonds is 8. The second kappa shape index (κ2) is 9.98. The fraction of sp³-hybridized carbons (Fsp3) is 0.444. The van der Waals surface area contributed by atoms with Gasteiger partial charge in [0.25, 0.3) is 5.91 Å². The van der Waals surface area contributed by atoms with Crippen molar-refractivity contribution in [1.29, 1.82) is 0 Å². The first-order valence-corrected chi connectivity index (χ1v) is 12.2. The van der Waals surface area contributed by atoms with Crippen LogP contribution in [0.2, 0.25) is 0 Å². The number of nitrogens with one attached hydrogen (secondary N) is 2. The lowest BCUT2D eigenvalue weighted by molar-refractivity contribution is -0.135. The summed E-state index contributed by atoms with van der Waals surface area (Å²) in [6, 6.07) is 12.4. The van der Waals surface area contributed by atoms with Gasteiger partial charge in [-0.2, -0.15) is 0 Å². The number of hydrogen-bond donors (Lipinski definition) is 2. The number of carbonyl (C=O) groups is 3. The number of fused-ring (bicyclic) bond motifs is 1. The van der Waals surface area contributed by atoms with E-state index in [1.165, 1.54) is 5.56 Å². The number of carbonyl (C=O) groups excluding carboxylic acids is 3. The smallest absolute Gasteiger partial charge is 0.325 e. The van der Waals surface area contributed by atoms with Crippen LogP contribution in [-0.2, 0) is 21.5 Å². The number of amides is 4. The quantitative estimate of drug-likeness (QED) is 0.563. The summed E-state index contributed by atoms with van der Waals surface area (Å²) in [5.74, 6) is 0.529. The molecule has 0 bridgehead atoms. The summed E-state index contributed by atoms with van der Waals surface area (Å²) in [6.07, 6.45) is 1.97. The highest BCUT2D eigenvalue weighted by atomic mass is 16.6. The second-order valence-corrected chi connectivity index (χ2v) is 9.59. The predicted molar refractivity (Wildman–Crippen MR) is 131 cm³/mol. The Morgan fingerprint density at radius 1 is 1.09 bits per heavy atom. The molecule has 186 valence electrons. The van der Waals surface area contributed by atoms with Gasteiger partial charge in [0.05, 0.1) is 6.04 Å². The van der Waals surface area contributed by atoms with Crippen LogP contribution in [0.3, 0.4) is 0 Å². The maximum absolute atomic E-state index is 13.3. The molecule has 2 unspecified atom stereocenters. The summed E-state index contributed by atoms with van der Waals surface area (Å²) < 4.78 is 11.3. The third kappa shape index (κ3) is 4.97. The molecular formula is C27H33N3O5. The molecule has 4 amide bonds. The topological polar surface area (TPSA) is 97.0 Å². The van der Waals surface area contributed by atoms with Gasteiger partial charge in [-0.25, -0.2) is 4.79 Å². The maximum Gasteiger partial charge on any atom is 0.325 e. The Bertz CT molecular complexity index is 1110. The molecule has 2 N–H and O–H groups in total. The summed E-state index contributed by atoms with van der Waals surface area (Å²) in [5, 5.41) is 5.76. The van der Waals surface area contributed by atoms with Gasteiger partial charge in [-0.05, 0) is 48.1 Å². The van der Waals surface area contributed by atoms with Gasteiger partial charge in [-0.3, -0.25) is 14.5 Å². The van der Waals surface area contributed by atoms with E-state index in [-0.39, 0.29) is 18.5 Å². The molecule has 0 saturated carbocycles. The molecule has 1 fully saturated rings. The fourth-order valence-electron chi connectivity index (χ4n) is 4.58. The average molecular weight is 480 g/mol. The number of hydrogen-bond acceptors (Lipinski definition) is 5. The van der Waals surface area contributed by atoms with Crippen LogP contribution < -0.4 is 20.1 Å². The molecule has 8 heteroatoms. The van der Waals surface area contributed by atoms with Crippen LogP contribution in [0.4, 0.5) is 4.79 Å². The number of imide groups is 1. The third-order valence-corrected chi connectivity index (χ3v) is 6.56. The average Bonchev–Trinajstić information content (AvgIpc) is 3.06. The van der Waals surface area contributed by atoms with Crippen LogP contribution in [0.5, 0.6) is 11.5 Å². The highest BCUT2D eigenvalue weighted by molar-refractivity contribution is 6.09. The zero-order valence-electron chi connectivity index (χ0n) is 20.7. The minimum atomic E-state index is -1.21. The summed E-state index contributed by atoms with van der Waals surface area (Å²) >= 11 is 0. The van der Waals surface area contributed by atoms with Crippen LogP contribution in [-0.4, -0.2) is 42.5 Å². The van der Waals surface area contributed by atoms with E-state index in [1.54, 1.807) is 6.92 Å². The van der Waals surface area contributed by atoms with Crippen molar-refractivity contribution in [1.82, 2.24) is 15.5 Å². The lowest BCUT2D eigenvalue weighted by Gasteiger charge is -2.26. The molecule has 35 heavy (non-hydrogen) atoms. The first kappa shape index (κ1) is 24.6. The van der Waals surface area contributed by atoms with Gasteiger partial charge in [0.1, 0.15) is 25.3 Å². The molecule has 2 heterocycles. The maximum atomic E-state index is 13.3. The van der Waals surface area contributed by atoms with Gasteiger partial charge >= 0.3 is 6.03 Å². The number of aryl methyl sites for hydroxylation is 1. The largest absolute Gasteiger partial charge is 0.486 e. The first-order chi connectivity index (χ1) is 16.7. The Morgan fingerprint density at radius 2 is 1.77 bits per heavy atom. The molecule has 8 nitrogen and oxygen atoms in total. The Kier molecular flexibility index (Phi) is 7.00. The van der Waals surface area contributed by atoms with Crippen molar-refractivity contribution < 1.29 is 23.9 Å². The van der Waals surface area contributed by atoms with Crippen LogP contribution in [0, 0.1) is 5.92 Å². The third-order valence-electron chi connectivity index (χ3n) is 6.56. The fourth-order valence-corrected chi connectivity index (χ4v) is 4.58. The van der Waals surface area contributed by atoms with Gasteiger partial charge < -0.3 is 20.1 Å². The molecule has 2 atom stereocenters. The van der Waals surface area contributed by atoms with Crippen molar-refractivity contribution in [2.24, 2.45) is 5.92 Å². The Balaban J connectivity index is 1.46. The molecule has 2 aliphatic heterocycles. The molecule has 0 spiro atoms. The van der Waals surface area contributed by atoms with Crippen molar-refractivity contribution in [3.05, 3.63) is 59.2 Å². The number of ether oxygens (including phenoxy) is 2. The first-order valence-electron chi connectivity index (χ1n) is 12.2. The zero-order valence-corrected chi connectivity index (χ0v) is 20.7. The van der Waals surface area contributed by atoms with Gasteiger partial charge in [-0.15, -0.1) is 0 Å². The Labute approximate surface area is 206 Å². The van der Waals surface area contributed by atoms with Crippen molar-refractivity contribution in [2.75, 3.05) is 19.8 Å². The zero-order chi connectivity index (χ0) is 25.2. The lowest BCUT2D eigenvalue weighted by Crippen LogP contribution is -2.44. The summed E-state index contributed by atoms with van der Waals surface area (Å²) in [7, 11) is 0. The number of benzene rings is 2. The second-order valence-electron chi connectivity index (χ2n) is 9.59. The molecule has 0 radical (unpaired) electrons. The van der Waals surface area contributed by atoms with Gasteiger partial charge in [0.2, 0.25) is 5.91 Å². The van der Waals surface area contributed by atoms with E-state index in [4.69, 9.17) is 9.47 Å². The lowest BCUT2D eigenvalue weighted by atomic mass is 9.91. The predicted octanol–water partition coefficient (Wildman–Crippen LogP) is 3.69. The molecular weight excluding hydrogens is 446 g/mol. The summed E-state index contributed by atoms with van der Waals surface area (Å²) in [5.41, 5.74) is 1.52. The van der Waals surface area contributed by atoms with Gasteiger partial charge in [-0.1, -0.05) is 57.5 Å². The normalized spacial score (nSPS) is 20.1. The van der Waals surface area contributed by atoms with Crippen LogP contribution >= 0.6 is 0 Å². The van der Waals surface area contributed by atoms with Gasteiger partial charge in [0.15, 0.2) is 11.5 Å². The van der Waals surface area contributed by atoms with Crippen LogP contribution in [0.15, 0.2) is 42.5 Å². The monoisotopic (exact) mass is 479 g/mol. The molecule has 4 rings (SSSR count). The van der Waals surface area contributed by atoms with E-state index in [0.717, 1.165) is 23.3 Å². The van der Waals surface area contributed by atoms with E-state index in [2.05, 4.69) is 17.6 Å². The van der Waals surface area contributed by atoms with E-state index < -0.39 is 23.4 Å². The highest BCUT2D eigenvalue weighted by Crippen LogP contribution is 2.34. The molecule has 2 aliphatic rings. The number of urea groups is 1. The standard InChI is InChI=1S/C27H33N3O5/c1-5-6-18-7-10-20(11-8-18)27(4)25(32)30(26(33)29-27)16-23(31)28-24(17(2)3)19-9-12-21-22(15-19)35-14-13-34-21/h7-12,15,17,24H,5-6,13-14,16H2,1-4H3,(H,28,31)(H,29,33). The Morgan fingerprint density at radius 3 is 2.43 bits per heavy atom. The minimum Gasteiger partial charge on any atom is -0.486 e. The van der Waals surface area contributed by atoms with Crippen molar-refractivity contribution >= 4 is 17.8 Å². The molecule has 1 saturated heterocycles. The molecule has 0 aliphatic carbocycles. The van der Waals surface area contributed by atoms with Crippen molar-refractivity contribution in [2.45, 2.75) is 52.1 Å². The van der Waals surface area contributed by atoms with Crippen LogP contribution in [0.1, 0.15) is 56.8 Å². The number of nitrogens with zero attached hydrogens (tertiary/aromatic N) is 1. The summed E-state index contributed by atoms with van der Waals surface area (Å²) in [6.45, 7) is 8.39. The van der Waals surface area contributed by atoms with Gasteiger partial charge in [0, 0.05) is 0 Å². The van der Waals surface area contributed by atoms with E-state index in [1.807, 2.05) is 56.3 Å². The molecule has 2 aromatic rings. The molecule has 2 aromatic carbocycles. The SMILES string of the molecule is CCCc1ccc(C2(C)NC(=O)N(CC(=O)NC(c3ccc4c(c3)OCCO4)C(C)C)C2=O)cc1. The highest BCUT2D eigenvalue weighted by Gasteiger charge is 2.49. The van der Waals surface area contributed by atoms with Crippen molar-refractivity contribution in [3.63, 3.8) is 0 Å². The Hall–Kier alpha value is -3.55. The summed E-state index contributed by atoms with van der Waals surface area (Å²) in [4.78, 5) is 40.0. The van der Waals surface area contributed by atoms with Crippen LogP contribution in [0.25, 0.3) is 0 Å². The van der Waals surface area contributed by atoms with E-state index in [0.29, 0.717) is 30.3 Å². The minimum absolute atomic E-state index is 0.0662. The van der Waals surface area contributed by atoms with Crippen molar-refractivity contribution in [3.8, 4) is 11.5 Å². The van der Waals surface area contributed by atoms with E-state index in [9.17, 15) is 14.4 Å². The van der Waals surface area contributed by atoms with E-state index >= 15 is 0 Å². The molecule has 0 aromatic heterocycles.